The third kappa shape index (κ3) is 3.74. The number of carbonyl (C=O) groups excluding carboxylic acids is 1. The molecule has 1 amide bonds. The number of piperidine rings is 1. The zero-order valence-corrected chi connectivity index (χ0v) is 15.5. The summed E-state index contributed by atoms with van der Waals surface area (Å²) in [5.41, 5.74) is 6.02. The second kappa shape index (κ2) is 7.45. The lowest BCUT2D eigenvalue weighted by atomic mass is 9.71. The standard InChI is InChI=1S/C21H31FN2O/c1-15(2)16-3-9-19(10-4-16)24-13-11-21(12-14-24,20(23)25)17-5-7-18(22)8-6-17/h5-8,15-16,19H,3-4,9-14H2,1-2H3,(H2,23,25). The third-order valence-corrected chi connectivity index (χ3v) is 6.72. The van der Waals surface area contributed by atoms with E-state index in [1.807, 2.05) is 0 Å². The van der Waals surface area contributed by atoms with E-state index in [1.165, 1.54) is 37.8 Å². The smallest absolute Gasteiger partial charge is 0.228 e. The Morgan fingerprint density at radius 3 is 2.16 bits per heavy atom. The second-order valence-corrected chi connectivity index (χ2v) is 8.30. The largest absolute Gasteiger partial charge is 0.369 e. The maximum absolute atomic E-state index is 13.2. The number of nitrogens with zero attached hydrogens (tertiary/aromatic N) is 1. The molecule has 138 valence electrons. The molecule has 4 heteroatoms. The van der Waals surface area contributed by atoms with E-state index >= 15 is 0 Å². The van der Waals surface area contributed by atoms with Crippen LogP contribution in [0.1, 0.15) is 57.9 Å². The predicted molar refractivity (Wildman–Crippen MR) is 98.7 cm³/mol. The monoisotopic (exact) mass is 346 g/mol. The van der Waals surface area contributed by atoms with E-state index in [1.54, 1.807) is 12.1 Å². The van der Waals surface area contributed by atoms with Gasteiger partial charge in [0.15, 0.2) is 0 Å². The van der Waals surface area contributed by atoms with Crippen LogP contribution < -0.4 is 5.73 Å². The summed E-state index contributed by atoms with van der Waals surface area (Å²) in [6, 6.07) is 6.96. The summed E-state index contributed by atoms with van der Waals surface area (Å²) in [7, 11) is 0. The Bertz CT molecular complexity index is 582. The molecule has 0 unspecified atom stereocenters. The minimum atomic E-state index is -0.640. The Morgan fingerprint density at radius 1 is 1.12 bits per heavy atom. The summed E-state index contributed by atoms with van der Waals surface area (Å²) < 4.78 is 13.2. The highest BCUT2D eigenvalue weighted by Gasteiger charge is 2.43. The van der Waals surface area contributed by atoms with Crippen LogP contribution in [0.2, 0.25) is 0 Å². The maximum Gasteiger partial charge on any atom is 0.228 e. The molecule has 3 nitrogen and oxygen atoms in total. The minimum absolute atomic E-state index is 0.275. The van der Waals surface area contributed by atoms with Gasteiger partial charge in [0, 0.05) is 6.04 Å². The van der Waals surface area contributed by atoms with Gasteiger partial charge in [0.1, 0.15) is 5.82 Å². The molecule has 1 saturated carbocycles. The van der Waals surface area contributed by atoms with E-state index in [0.29, 0.717) is 6.04 Å². The van der Waals surface area contributed by atoms with Crippen molar-refractivity contribution in [2.45, 2.75) is 63.8 Å². The van der Waals surface area contributed by atoms with Gasteiger partial charge < -0.3 is 10.6 Å². The van der Waals surface area contributed by atoms with Gasteiger partial charge in [-0.2, -0.15) is 0 Å². The van der Waals surface area contributed by atoms with Crippen molar-refractivity contribution in [2.75, 3.05) is 13.1 Å². The molecule has 2 N–H and O–H groups in total. The van der Waals surface area contributed by atoms with Gasteiger partial charge >= 0.3 is 0 Å². The molecule has 0 spiro atoms. The zero-order chi connectivity index (χ0) is 18.0. The van der Waals surface area contributed by atoms with Crippen molar-refractivity contribution in [3.8, 4) is 0 Å². The Labute approximate surface area is 150 Å². The molecule has 0 aromatic heterocycles. The lowest BCUT2D eigenvalue weighted by Gasteiger charge is -2.45. The fraction of sp³-hybridized carbons (Fsp3) is 0.667. The molecule has 3 rings (SSSR count). The van der Waals surface area contributed by atoms with Gasteiger partial charge in [-0.15, -0.1) is 0 Å². The van der Waals surface area contributed by atoms with Gasteiger partial charge in [-0.25, -0.2) is 4.39 Å². The molecule has 2 fully saturated rings. The molecule has 1 aliphatic carbocycles. The summed E-state index contributed by atoms with van der Waals surface area (Å²) in [5.74, 6) is 1.10. The SMILES string of the molecule is CC(C)C1CCC(N2CCC(C(N)=O)(c3ccc(F)cc3)CC2)CC1. The van der Waals surface area contributed by atoms with Crippen LogP contribution in [0.15, 0.2) is 24.3 Å². The first-order chi connectivity index (χ1) is 11.9. The molecule has 0 bridgehead atoms. The van der Waals surface area contributed by atoms with E-state index in [0.717, 1.165) is 43.3 Å². The first-order valence-corrected chi connectivity index (χ1v) is 9.72. The fourth-order valence-electron chi connectivity index (χ4n) is 4.85. The average Bonchev–Trinajstić information content (AvgIpc) is 2.62. The van der Waals surface area contributed by atoms with Gasteiger partial charge in [0.05, 0.1) is 5.41 Å². The maximum atomic E-state index is 13.2. The van der Waals surface area contributed by atoms with Crippen molar-refractivity contribution in [1.82, 2.24) is 4.90 Å². The van der Waals surface area contributed by atoms with Crippen molar-refractivity contribution >= 4 is 5.91 Å². The Kier molecular flexibility index (Phi) is 5.47. The summed E-state index contributed by atoms with van der Waals surface area (Å²) >= 11 is 0. The molecule has 1 aliphatic heterocycles. The number of carbonyl (C=O) groups is 1. The van der Waals surface area contributed by atoms with E-state index in [9.17, 15) is 9.18 Å². The first-order valence-electron chi connectivity index (χ1n) is 9.72. The van der Waals surface area contributed by atoms with Crippen LogP contribution in [-0.2, 0) is 10.2 Å². The Morgan fingerprint density at radius 2 is 1.68 bits per heavy atom. The number of amides is 1. The molecular weight excluding hydrogens is 315 g/mol. The topological polar surface area (TPSA) is 46.3 Å². The third-order valence-electron chi connectivity index (χ3n) is 6.72. The number of hydrogen-bond donors (Lipinski definition) is 1. The highest BCUT2D eigenvalue weighted by atomic mass is 19.1. The molecule has 1 saturated heterocycles. The minimum Gasteiger partial charge on any atom is -0.369 e. The number of benzene rings is 1. The summed E-state index contributed by atoms with van der Waals surface area (Å²) in [6.45, 7) is 6.46. The van der Waals surface area contributed by atoms with Crippen LogP contribution in [0.5, 0.6) is 0 Å². The van der Waals surface area contributed by atoms with Gasteiger partial charge in [-0.1, -0.05) is 26.0 Å². The number of rotatable bonds is 4. The summed E-state index contributed by atoms with van der Waals surface area (Å²) in [4.78, 5) is 14.8. The molecule has 0 radical (unpaired) electrons. The van der Waals surface area contributed by atoms with E-state index in [4.69, 9.17) is 5.73 Å². The number of hydrogen-bond acceptors (Lipinski definition) is 2. The van der Waals surface area contributed by atoms with E-state index in [2.05, 4.69) is 18.7 Å². The normalized spacial score (nSPS) is 27.4. The number of likely N-dealkylation sites (tertiary alicyclic amines) is 1. The quantitative estimate of drug-likeness (QED) is 0.900. The van der Waals surface area contributed by atoms with Gasteiger partial charge in [-0.3, -0.25) is 4.79 Å². The molecule has 1 aromatic carbocycles. The van der Waals surface area contributed by atoms with Crippen LogP contribution in [0.3, 0.4) is 0 Å². The van der Waals surface area contributed by atoms with E-state index < -0.39 is 5.41 Å². The highest BCUT2D eigenvalue weighted by Crippen LogP contribution is 2.39. The average molecular weight is 346 g/mol. The number of halogens is 1. The van der Waals surface area contributed by atoms with Gasteiger partial charge in [0.25, 0.3) is 0 Å². The van der Waals surface area contributed by atoms with Crippen LogP contribution in [0.4, 0.5) is 4.39 Å². The molecule has 25 heavy (non-hydrogen) atoms. The number of nitrogens with two attached hydrogens (primary N) is 1. The fourth-order valence-corrected chi connectivity index (χ4v) is 4.85. The number of primary amides is 1. The second-order valence-electron chi connectivity index (χ2n) is 8.30. The lowest BCUT2D eigenvalue weighted by Crippen LogP contribution is -2.53. The summed E-state index contributed by atoms with van der Waals surface area (Å²) in [5, 5.41) is 0. The van der Waals surface area contributed by atoms with Gasteiger partial charge in [0.2, 0.25) is 5.91 Å². The molecule has 1 heterocycles. The van der Waals surface area contributed by atoms with E-state index in [-0.39, 0.29) is 11.7 Å². The molecule has 2 aliphatic rings. The van der Waals surface area contributed by atoms with Crippen molar-refractivity contribution in [2.24, 2.45) is 17.6 Å². The van der Waals surface area contributed by atoms with Crippen molar-refractivity contribution < 1.29 is 9.18 Å². The lowest BCUT2D eigenvalue weighted by molar-refractivity contribution is -0.125. The Hall–Kier alpha value is -1.42. The van der Waals surface area contributed by atoms with Crippen molar-refractivity contribution in [3.05, 3.63) is 35.6 Å². The van der Waals surface area contributed by atoms with Crippen LogP contribution in [0.25, 0.3) is 0 Å². The molecule has 0 atom stereocenters. The van der Waals surface area contributed by atoms with Crippen molar-refractivity contribution in [3.63, 3.8) is 0 Å². The zero-order valence-electron chi connectivity index (χ0n) is 15.5. The molecule has 1 aromatic rings. The van der Waals surface area contributed by atoms with Crippen LogP contribution in [-0.4, -0.2) is 29.9 Å². The van der Waals surface area contributed by atoms with Crippen molar-refractivity contribution in [1.29, 1.82) is 0 Å². The Balaban J connectivity index is 1.65. The van der Waals surface area contributed by atoms with Crippen LogP contribution >= 0.6 is 0 Å². The summed E-state index contributed by atoms with van der Waals surface area (Å²) in [6.07, 6.45) is 6.64. The van der Waals surface area contributed by atoms with Gasteiger partial charge in [-0.05, 0) is 81.1 Å². The van der Waals surface area contributed by atoms with Crippen LogP contribution in [0, 0.1) is 17.7 Å². The first kappa shape index (κ1) is 18.4. The predicted octanol–water partition coefficient (Wildman–Crippen LogP) is 3.86. The highest BCUT2D eigenvalue weighted by molar-refractivity contribution is 5.86. The molecular formula is C21H31FN2O.